The van der Waals surface area contributed by atoms with Crippen LogP contribution < -0.4 is 0 Å². The highest BCUT2D eigenvalue weighted by Crippen LogP contribution is 2.24. The van der Waals surface area contributed by atoms with Crippen molar-refractivity contribution in [3.63, 3.8) is 0 Å². The standard InChI is InChI=1S/C70H44N14/c1-2-44-30-46-5-6-48(73-46)32-50-9-10-52(75-50)34-54-13-14-56(77-54)36-58-17-18-60(79-58)38-62-21-22-64(81-62)40-66-25-26-68(83-66)42-70-28-27-69(84-70)41-67-24-23-65(82-67)39-63-20-19-61(80-63)37-59-16-15-57(78-59)35-55-12-11-53(76-55)33-51-8-7-49(74-51)31-47-4-3-45(72-47)29-43(1)71-44/h1-42,71,74H. The van der Waals surface area contributed by atoms with Gasteiger partial charge < -0.3 is 9.97 Å². The van der Waals surface area contributed by atoms with Crippen LogP contribution in [0.4, 0.5) is 0 Å². The van der Waals surface area contributed by atoms with E-state index in [9.17, 15) is 0 Å². The molecule has 14 heteroatoms. The zero-order valence-corrected chi connectivity index (χ0v) is 44.6. The van der Waals surface area contributed by atoms with Gasteiger partial charge >= 0.3 is 0 Å². The zero-order chi connectivity index (χ0) is 55.8. The van der Waals surface area contributed by atoms with Crippen LogP contribution in [0.3, 0.4) is 0 Å². The highest BCUT2D eigenvalue weighted by atomic mass is 14.8. The van der Waals surface area contributed by atoms with Crippen LogP contribution in [0.1, 0.15) is 137 Å². The van der Waals surface area contributed by atoms with E-state index in [1.807, 2.05) is 255 Å². The molecule has 0 unspecified atom stereocenters. The Morgan fingerprint density at radius 3 is 0.333 bits per heavy atom. The molecule has 12 aliphatic heterocycles. The normalized spacial score (nSPS) is 13.6. The minimum atomic E-state index is 0.808. The molecule has 0 fully saturated rings. The van der Waals surface area contributed by atoms with Crippen molar-refractivity contribution in [2.75, 3.05) is 0 Å². The fourth-order valence-corrected chi connectivity index (χ4v) is 10.0. The molecule has 3 aromatic heterocycles. The number of H-pyrrole nitrogens is 2. The van der Waals surface area contributed by atoms with E-state index < -0.39 is 0 Å². The Labute approximate surface area is 481 Å². The van der Waals surface area contributed by atoms with Gasteiger partial charge in [0.05, 0.1) is 137 Å². The van der Waals surface area contributed by atoms with E-state index in [-0.39, 0.29) is 0 Å². The summed E-state index contributed by atoms with van der Waals surface area (Å²) in [7, 11) is 0. The predicted molar refractivity (Wildman–Crippen MR) is 342 cm³/mol. The number of rotatable bonds is 0. The van der Waals surface area contributed by atoms with E-state index in [4.69, 9.17) is 59.8 Å². The van der Waals surface area contributed by atoms with Crippen LogP contribution in [0.15, 0.2) is 109 Å². The molecule has 3 aromatic rings. The topological polar surface area (TPSA) is 186 Å². The van der Waals surface area contributed by atoms with E-state index in [0.717, 1.165) is 159 Å². The minimum absolute atomic E-state index is 0.808. The maximum absolute atomic E-state index is 4.85. The third-order valence-corrected chi connectivity index (χ3v) is 13.8. The minimum Gasteiger partial charge on any atom is -0.355 e. The van der Waals surface area contributed by atoms with Gasteiger partial charge in [0.1, 0.15) is 0 Å². The molecule has 15 heterocycles. The molecular formula is C70H44N14. The number of hydrogen-bond acceptors (Lipinski definition) is 12. The zero-order valence-electron chi connectivity index (χ0n) is 44.6. The Kier molecular flexibility index (Phi) is 12.5. The number of fused-ring (bicyclic) bond motifs is 28. The summed E-state index contributed by atoms with van der Waals surface area (Å²) in [5, 5.41) is 0. The Hall–Kier alpha value is -11.9. The lowest BCUT2D eigenvalue weighted by atomic mass is 10.3. The monoisotopic (exact) mass is 1080 g/mol. The van der Waals surface area contributed by atoms with E-state index in [2.05, 4.69) is 9.97 Å². The van der Waals surface area contributed by atoms with Crippen LogP contribution in [-0.4, -0.2) is 69.8 Å². The van der Waals surface area contributed by atoms with Crippen LogP contribution >= 0.6 is 0 Å². The Morgan fingerprint density at radius 2 is 0.226 bits per heavy atom. The number of hydrogen-bond donors (Lipinski definition) is 2. The lowest BCUT2D eigenvalue weighted by Gasteiger charge is -1.86. The quantitative estimate of drug-likeness (QED) is 0.147. The van der Waals surface area contributed by atoms with Crippen molar-refractivity contribution in [2.24, 2.45) is 0 Å². The second kappa shape index (κ2) is 21.3. The van der Waals surface area contributed by atoms with Gasteiger partial charge in [-0.2, -0.15) is 0 Å². The maximum atomic E-state index is 4.85. The second-order valence-electron chi connectivity index (χ2n) is 20.3. The first kappa shape index (κ1) is 49.2. The van der Waals surface area contributed by atoms with Crippen LogP contribution in [-0.2, 0) is 0 Å². The van der Waals surface area contributed by atoms with Gasteiger partial charge in [-0.25, -0.2) is 59.8 Å². The summed E-state index contributed by atoms with van der Waals surface area (Å²) in [6, 6.07) is 35.9. The molecule has 0 radical (unpaired) electrons. The van der Waals surface area contributed by atoms with Crippen molar-refractivity contribution >= 4 is 168 Å². The summed E-state index contributed by atoms with van der Waals surface area (Å²) in [5.41, 5.74) is 23.4. The molecule has 14 nitrogen and oxygen atoms in total. The summed E-state index contributed by atoms with van der Waals surface area (Å²) < 4.78 is 0. The lowest BCUT2D eigenvalue weighted by molar-refractivity contribution is 1.24. The number of aromatic nitrogens is 14. The summed E-state index contributed by atoms with van der Waals surface area (Å²) in [5.74, 6) is 0. The predicted octanol–water partition coefficient (Wildman–Crippen LogP) is 14.7. The van der Waals surface area contributed by atoms with Gasteiger partial charge in [-0.1, -0.05) is 0 Å². The SMILES string of the molecule is C1=Cc2cc3nc(cc4nc(cc5nc(cc6nc(cc7nc(cc8ccc(cc9nc(cc%10ccc(cc%11nc(cc%12nc(cc%13nc(cc%14nc(cc%15nc(cc1n2)C=C%15)C=C%14)C=C%13)C=C%12)C=C%11)[nH]%10)C=C9)[nH]8)C=C7)C=C6)C=C5)C=C4)C=C3. The second-order valence-corrected chi connectivity index (χ2v) is 20.3. The van der Waals surface area contributed by atoms with Crippen molar-refractivity contribution in [3.05, 3.63) is 246 Å². The summed E-state index contributed by atoms with van der Waals surface area (Å²) in [6.07, 6.45) is 47.6. The molecule has 0 aliphatic carbocycles. The van der Waals surface area contributed by atoms with Gasteiger partial charge in [-0.05, 0) is 255 Å². The van der Waals surface area contributed by atoms with Crippen molar-refractivity contribution < 1.29 is 0 Å². The van der Waals surface area contributed by atoms with Crippen molar-refractivity contribution in [1.29, 1.82) is 0 Å². The fourth-order valence-electron chi connectivity index (χ4n) is 10.0. The number of aromatic amines is 2. The van der Waals surface area contributed by atoms with E-state index in [1.165, 1.54) is 0 Å². The summed E-state index contributed by atoms with van der Waals surface area (Å²) >= 11 is 0. The molecule has 2 N–H and O–H groups in total. The third-order valence-electron chi connectivity index (χ3n) is 13.8. The summed E-state index contributed by atoms with van der Waals surface area (Å²) in [6.45, 7) is 0. The Bertz CT molecular complexity index is 4610. The van der Waals surface area contributed by atoms with E-state index in [1.54, 1.807) is 0 Å². The molecule has 15 rings (SSSR count). The molecule has 84 heavy (non-hydrogen) atoms. The van der Waals surface area contributed by atoms with Crippen LogP contribution in [0, 0.1) is 0 Å². The molecular weight excluding hydrogens is 1040 g/mol. The van der Waals surface area contributed by atoms with Gasteiger partial charge in [-0.15, -0.1) is 0 Å². The molecule has 0 atom stereocenters. The molecule has 0 amide bonds. The average molecular weight is 1080 g/mol. The molecule has 394 valence electrons. The van der Waals surface area contributed by atoms with Crippen molar-refractivity contribution in [3.8, 4) is 0 Å². The van der Waals surface area contributed by atoms with Gasteiger partial charge in [0.25, 0.3) is 0 Å². The fraction of sp³-hybridized carbons (Fsp3) is 0. The summed E-state index contributed by atoms with van der Waals surface area (Å²) in [4.78, 5) is 64.7. The third kappa shape index (κ3) is 11.6. The van der Waals surface area contributed by atoms with Gasteiger partial charge in [-0.3, -0.25) is 0 Å². The molecule has 0 spiro atoms. The number of nitrogens with zero attached hydrogens (tertiary/aromatic N) is 12. The van der Waals surface area contributed by atoms with Crippen molar-refractivity contribution in [1.82, 2.24) is 69.8 Å². The van der Waals surface area contributed by atoms with Crippen LogP contribution in [0.25, 0.3) is 168 Å². The largest absolute Gasteiger partial charge is 0.355 e. The highest BCUT2D eigenvalue weighted by Gasteiger charge is 2.10. The van der Waals surface area contributed by atoms with E-state index in [0.29, 0.717) is 0 Å². The number of nitrogens with one attached hydrogen (secondary N) is 2. The van der Waals surface area contributed by atoms with Gasteiger partial charge in [0.2, 0.25) is 0 Å². The van der Waals surface area contributed by atoms with Crippen molar-refractivity contribution in [2.45, 2.75) is 0 Å². The Morgan fingerprint density at radius 1 is 0.131 bits per heavy atom. The molecule has 0 saturated heterocycles. The molecule has 0 saturated carbocycles. The molecule has 12 aliphatic rings. The molecule has 28 bridgehead atoms. The first-order valence-corrected chi connectivity index (χ1v) is 27.2. The first-order chi connectivity index (χ1) is 41.3. The van der Waals surface area contributed by atoms with Crippen LogP contribution in [0.5, 0.6) is 0 Å². The van der Waals surface area contributed by atoms with Crippen LogP contribution in [0.2, 0.25) is 0 Å². The first-order valence-electron chi connectivity index (χ1n) is 27.2. The smallest absolute Gasteiger partial charge is 0.0659 e. The van der Waals surface area contributed by atoms with Gasteiger partial charge in [0.15, 0.2) is 0 Å². The molecule has 0 aromatic carbocycles. The highest BCUT2D eigenvalue weighted by molar-refractivity contribution is 5.83. The average Bonchev–Trinajstić information content (AvgIpc) is 4.31. The van der Waals surface area contributed by atoms with E-state index >= 15 is 0 Å². The Balaban J connectivity index is 0.739. The van der Waals surface area contributed by atoms with Gasteiger partial charge in [0, 0.05) is 22.1 Å². The lowest BCUT2D eigenvalue weighted by Crippen LogP contribution is -1.80. The maximum Gasteiger partial charge on any atom is 0.0659 e.